The highest BCUT2D eigenvalue weighted by Gasteiger charge is 2.36. The Kier molecular flexibility index (Phi) is 5.60. The van der Waals surface area contributed by atoms with Crippen molar-refractivity contribution in [3.63, 3.8) is 0 Å². The van der Waals surface area contributed by atoms with Gasteiger partial charge < -0.3 is 16.0 Å². The van der Waals surface area contributed by atoms with E-state index in [0.717, 1.165) is 18.4 Å². The smallest absolute Gasteiger partial charge is 0.254 e. The molecular weight excluding hydrogens is 342 g/mol. The highest BCUT2D eigenvalue weighted by atomic mass is 16.2. The molecule has 1 unspecified atom stereocenters. The van der Waals surface area contributed by atoms with Crippen molar-refractivity contribution < 1.29 is 9.59 Å². The molecule has 3 N–H and O–H groups in total. The first-order valence-electron chi connectivity index (χ1n) is 9.28. The molecule has 144 valence electrons. The van der Waals surface area contributed by atoms with Crippen molar-refractivity contribution in [2.45, 2.75) is 25.3 Å². The molecule has 1 aliphatic rings. The maximum Gasteiger partial charge on any atom is 0.254 e. The van der Waals surface area contributed by atoms with Crippen LogP contribution in [0.15, 0.2) is 42.7 Å². The fourth-order valence-electron chi connectivity index (χ4n) is 3.45. The van der Waals surface area contributed by atoms with Gasteiger partial charge in [-0.3, -0.25) is 14.3 Å². The third kappa shape index (κ3) is 4.36. The first kappa shape index (κ1) is 19.1. The summed E-state index contributed by atoms with van der Waals surface area (Å²) in [6.07, 6.45) is 4.96. The molecule has 2 heterocycles. The van der Waals surface area contributed by atoms with Gasteiger partial charge in [0.2, 0.25) is 5.91 Å². The minimum atomic E-state index is -1.03. The van der Waals surface area contributed by atoms with E-state index in [1.54, 1.807) is 31.0 Å². The van der Waals surface area contributed by atoms with Crippen LogP contribution in [-0.4, -0.2) is 46.1 Å². The van der Waals surface area contributed by atoms with Crippen molar-refractivity contribution in [2.24, 2.45) is 18.7 Å². The number of nitrogens with one attached hydrogen (secondary N) is 1. The van der Waals surface area contributed by atoms with Crippen LogP contribution in [0.2, 0.25) is 0 Å². The SMILES string of the molecule is Cn1cc(C(=O)NCC2CCN(C(=O)C(C)(N)c3ccccc3)CC2)cn1. The van der Waals surface area contributed by atoms with E-state index >= 15 is 0 Å². The van der Waals surface area contributed by atoms with Crippen LogP contribution >= 0.6 is 0 Å². The lowest BCUT2D eigenvalue weighted by molar-refractivity contribution is -0.138. The van der Waals surface area contributed by atoms with Gasteiger partial charge in [0.05, 0.1) is 11.8 Å². The second kappa shape index (κ2) is 7.92. The summed E-state index contributed by atoms with van der Waals surface area (Å²) in [6.45, 7) is 3.69. The van der Waals surface area contributed by atoms with E-state index in [4.69, 9.17) is 5.73 Å². The van der Waals surface area contributed by atoms with Crippen molar-refractivity contribution >= 4 is 11.8 Å². The molecule has 0 aliphatic carbocycles. The average Bonchev–Trinajstić information content (AvgIpc) is 3.13. The maximum absolute atomic E-state index is 12.9. The molecule has 1 aliphatic heterocycles. The van der Waals surface area contributed by atoms with Crippen LogP contribution in [0.25, 0.3) is 0 Å². The van der Waals surface area contributed by atoms with Gasteiger partial charge in [0.15, 0.2) is 0 Å². The first-order chi connectivity index (χ1) is 12.9. The van der Waals surface area contributed by atoms with Gasteiger partial charge in [-0.2, -0.15) is 5.10 Å². The van der Waals surface area contributed by atoms with Crippen LogP contribution < -0.4 is 11.1 Å². The van der Waals surface area contributed by atoms with Gasteiger partial charge in [-0.05, 0) is 31.2 Å². The molecule has 1 saturated heterocycles. The molecule has 1 atom stereocenters. The first-order valence-corrected chi connectivity index (χ1v) is 9.28. The van der Waals surface area contributed by atoms with Gasteiger partial charge >= 0.3 is 0 Å². The maximum atomic E-state index is 12.9. The van der Waals surface area contributed by atoms with E-state index in [1.807, 2.05) is 35.2 Å². The monoisotopic (exact) mass is 369 g/mol. The number of amides is 2. The third-order valence-electron chi connectivity index (χ3n) is 5.24. The summed E-state index contributed by atoms with van der Waals surface area (Å²) >= 11 is 0. The average molecular weight is 369 g/mol. The topological polar surface area (TPSA) is 93.2 Å². The number of aromatic nitrogens is 2. The van der Waals surface area contributed by atoms with Gasteiger partial charge in [-0.25, -0.2) is 0 Å². The molecule has 0 spiro atoms. The van der Waals surface area contributed by atoms with Gasteiger partial charge in [-0.1, -0.05) is 30.3 Å². The van der Waals surface area contributed by atoms with Crippen molar-refractivity contribution in [2.75, 3.05) is 19.6 Å². The number of likely N-dealkylation sites (tertiary alicyclic amines) is 1. The molecule has 27 heavy (non-hydrogen) atoms. The number of carbonyl (C=O) groups is 2. The summed E-state index contributed by atoms with van der Waals surface area (Å²) in [5.74, 6) is 0.196. The minimum absolute atomic E-state index is 0.0495. The van der Waals surface area contributed by atoms with Crippen LogP contribution in [0.5, 0.6) is 0 Å². The van der Waals surface area contributed by atoms with E-state index in [0.29, 0.717) is 31.1 Å². The predicted molar refractivity (Wildman–Crippen MR) is 103 cm³/mol. The number of aryl methyl sites for hydroxylation is 1. The highest BCUT2D eigenvalue weighted by molar-refractivity contribution is 5.93. The van der Waals surface area contributed by atoms with E-state index < -0.39 is 5.54 Å². The number of rotatable bonds is 5. The lowest BCUT2D eigenvalue weighted by Crippen LogP contribution is -2.53. The second-order valence-corrected chi connectivity index (χ2v) is 7.42. The van der Waals surface area contributed by atoms with Crippen LogP contribution in [0.4, 0.5) is 0 Å². The quantitative estimate of drug-likeness (QED) is 0.830. The van der Waals surface area contributed by atoms with Crippen molar-refractivity contribution in [1.29, 1.82) is 0 Å². The summed E-state index contributed by atoms with van der Waals surface area (Å²) in [4.78, 5) is 26.9. The lowest BCUT2D eigenvalue weighted by Gasteiger charge is -2.37. The second-order valence-electron chi connectivity index (χ2n) is 7.42. The molecule has 3 rings (SSSR count). The largest absolute Gasteiger partial charge is 0.352 e. The molecule has 7 nitrogen and oxygen atoms in total. The van der Waals surface area contributed by atoms with Crippen molar-refractivity contribution in [1.82, 2.24) is 20.0 Å². The number of nitrogens with two attached hydrogens (primary N) is 1. The number of hydrogen-bond acceptors (Lipinski definition) is 4. The Morgan fingerprint density at radius 2 is 1.93 bits per heavy atom. The number of nitrogens with zero attached hydrogens (tertiary/aromatic N) is 3. The zero-order chi connectivity index (χ0) is 19.4. The third-order valence-corrected chi connectivity index (χ3v) is 5.24. The van der Waals surface area contributed by atoms with Crippen LogP contribution in [-0.2, 0) is 17.4 Å². The molecule has 0 bridgehead atoms. The normalized spacial score (nSPS) is 17.4. The Bertz CT molecular complexity index is 792. The van der Waals surface area contributed by atoms with E-state index in [2.05, 4.69) is 10.4 Å². The Labute approximate surface area is 159 Å². The number of hydrogen-bond donors (Lipinski definition) is 2. The zero-order valence-corrected chi connectivity index (χ0v) is 15.9. The Morgan fingerprint density at radius 3 is 2.52 bits per heavy atom. The predicted octanol–water partition coefficient (Wildman–Crippen LogP) is 1.26. The Morgan fingerprint density at radius 1 is 1.26 bits per heavy atom. The molecule has 0 radical (unpaired) electrons. The number of benzene rings is 1. The fraction of sp³-hybridized carbons (Fsp3) is 0.450. The molecule has 1 fully saturated rings. The molecular formula is C20H27N5O2. The molecule has 2 amide bonds. The summed E-state index contributed by atoms with van der Waals surface area (Å²) in [5.41, 5.74) is 6.71. The number of carbonyl (C=O) groups excluding carboxylic acids is 2. The molecule has 0 saturated carbocycles. The van der Waals surface area contributed by atoms with E-state index in [1.165, 1.54) is 0 Å². The highest BCUT2D eigenvalue weighted by Crippen LogP contribution is 2.24. The Balaban J connectivity index is 1.50. The van der Waals surface area contributed by atoms with Gasteiger partial charge in [0.25, 0.3) is 5.91 Å². The van der Waals surface area contributed by atoms with Gasteiger partial charge in [0.1, 0.15) is 5.54 Å². The summed E-state index contributed by atoms with van der Waals surface area (Å²) in [6, 6.07) is 9.47. The van der Waals surface area contributed by atoms with Gasteiger partial charge in [-0.15, -0.1) is 0 Å². The lowest BCUT2D eigenvalue weighted by atomic mass is 9.89. The minimum Gasteiger partial charge on any atom is -0.352 e. The molecule has 1 aromatic carbocycles. The Hall–Kier alpha value is -2.67. The standard InChI is InChI=1S/C20H27N5O2/c1-20(21,17-6-4-3-5-7-17)19(27)25-10-8-15(9-11-25)12-22-18(26)16-13-23-24(2)14-16/h3-7,13-15H,8-12,21H2,1-2H3,(H,22,26). The molecule has 7 heteroatoms. The molecule has 1 aromatic heterocycles. The van der Waals surface area contributed by atoms with E-state index in [-0.39, 0.29) is 11.8 Å². The fourth-order valence-corrected chi connectivity index (χ4v) is 3.45. The summed E-state index contributed by atoms with van der Waals surface area (Å²) < 4.78 is 1.61. The van der Waals surface area contributed by atoms with E-state index in [9.17, 15) is 9.59 Å². The molecule has 2 aromatic rings. The van der Waals surface area contributed by atoms with Crippen LogP contribution in [0.1, 0.15) is 35.7 Å². The van der Waals surface area contributed by atoms with Crippen LogP contribution in [0, 0.1) is 5.92 Å². The number of piperidine rings is 1. The van der Waals surface area contributed by atoms with Crippen molar-refractivity contribution in [3.8, 4) is 0 Å². The van der Waals surface area contributed by atoms with Crippen molar-refractivity contribution in [3.05, 3.63) is 53.9 Å². The van der Waals surface area contributed by atoms with Crippen LogP contribution in [0.3, 0.4) is 0 Å². The summed E-state index contributed by atoms with van der Waals surface area (Å²) in [7, 11) is 1.78. The summed E-state index contributed by atoms with van der Waals surface area (Å²) in [5, 5.41) is 6.97. The zero-order valence-electron chi connectivity index (χ0n) is 15.9. The van der Waals surface area contributed by atoms with Gasteiger partial charge in [0, 0.05) is 32.9 Å².